The van der Waals surface area contributed by atoms with Crippen LogP contribution in [0.5, 0.6) is 11.5 Å². The number of hydrogen-bond acceptors (Lipinski definition) is 4. The van der Waals surface area contributed by atoms with E-state index < -0.39 is 0 Å². The first-order valence-corrected chi connectivity index (χ1v) is 7.73. The topological polar surface area (TPSA) is 59.9 Å². The molecule has 0 aliphatic carbocycles. The van der Waals surface area contributed by atoms with Crippen molar-refractivity contribution in [2.75, 3.05) is 13.7 Å². The van der Waals surface area contributed by atoms with E-state index in [1.165, 1.54) is 11.8 Å². The first-order chi connectivity index (χ1) is 11.5. The molecule has 0 saturated heterocycles. The lowest BCUT2D eigenvalue weighted by atomic mass is 10.1. The second-order valence-corrected chi connectivity index (χ2v) is 5.63. The Balaban J connectivity index is 1.84. The van der Waals surface area contributed by atoms with Crippen molar-refractivity contribution < 1.29 is 14.3 Å². The highest BCUT2D eigenvalue weighted by Crippen LogP contribution is 2.24. The monoisotopic (exact) mass is 346 g/mol. The number of nitrogens with zero attached hydrogens (tertiary/aromatic N) is 1. The van der Waals surface area contributed by atoms with E-state index >= 15 is 0 Å². The molecule has 0 aromatic heterocycles. The van der Waals surface area contributed by atoms with Crippen LogP contribution in [0, 0.1) is 13.8 Å². The molecule has 0 aliphatic heterocycles. The molecule has 6 heteroatoms. The molecule has 0 fully saturated rings. The first-order valence-electron chi connectivity index (χ1n) is 7.35. The molecule has 2 aromatic carbocycles. The smallest absolute Gasteiger partial charge is 0.277 e. The highest BCUT2D eigenvalue weighted by molar-refractivity contribution is 6.32. The van der Waals surface area contributed by atoms with Gasteiger partial charge in [-0.1, -0.05) is 17.7 Å². The van der Waals surface area contributed by atoms with E-state index in [0.717, 1.165) is 11.1 Å². The van der Waals surface area contributed by atoms with Crippen molar-refractivity contribution in [3.05, 3.63) is 58.1 Å². The number of hydrogen-bond donors (Lipinski definition) is 1. The fourth-order valence-electron chi connectivity index (χ4n) is 1.93. The second-order valence-electron chi connectivity index (χ2n) is 5.22. The van der Waals surface area contributed by atoms with Gasteiger partial charge in [-0.2, -0.15) is 5.10 Å². The van der Waals surface area contributed by atoms with Gasteiger partial charge in [0.25, 0.3) is 5.91 Å². The fourth-order valence-corrected chi connectivity index (χ4v) is 2.19. The van der Waals surface area contributed by atoms with Crippen LogP contribution in [0.15, 0.2) is 41.5 Å². The molecule has 24 heavy (non-hydrogen) atoms. The minimum atomic E-state index is -0.343. The molecular formula is C18H19ClN2O3. The van der Waals surface area contributed by atoms with Crippen LogP contribution < -0.4 is 14.9 Å². The number of nitrogens with one attached hydrogen (secondary N) is 1. The van der Waals surface area contributed by atoms with Crippen molar-refractivity contribution in [1.29, 1.82) is 0 Å². The molecule has 0 spiro atoms. The van der Waals surface area contributed by atoms with Gasteiger partial charge in [0.05, 0.1) is 18.3 Å². The Morgan fingerprint density at radius 3 is 2.67 bits per heavy atom. The zero-order valence-electron chi connectivity index (χ0n) is 13.8. The maximum atomic E-state index is 11.7. The maximum Gasteiger partial charge on any atom is 0.277 e. The highest BCUT2D eigenvalue weighted by atomic mass is 35.5. The Morgan fingerprint density at radius 1 is 1.21 bits per heavy atom. The zero-order valence-corrected chi connectivity index (χ0v) is 14.6. The van der Waals surface area contributed by atoms with E-state index in [1.54, 1.807) is 25.3 Å². The third-order valence-corrected chi connectivity index (χ3v) is 3.72. The quantitative estimate of drug-likeness (QED) is 0.643. The molecule has 0 bridgehead atoms. The SMILES string of the molecule is COc1ccc(/C=N/NC(=O)COc2ccc(C)c(C)c2)cc1Cl. The number of hydrazone groups is 1. The summed E-state index contributed by atoms with van der Waals surface area (Å²) >= 11 is 6.02. The largest absolute Gasteiger partial charge is 0.495 e. The average molecular weight is 347 g/mol. The maximum absolute atomic E-state index is 11.7. The summed E-state index contributed by atoms with van der Waals surface area (Å²) in [7, 11) is 1.55. The van der Waals surface area contributed by atoms with Gasteiger partial charge in [0.1, 0.15) is 11.5 Å². The normalized spacial score (nSPS) is 10.7. The Labute approximate surface area is 146 Å². The van der Waals surface area contributed by atoms with Crippen molar-refractivity contribution in [1.82, 2.24) is 5.43 Å². The molecule has 0 heterocycles. The number of halogens is 1. The third kappa shape index (κ3) is 4.99. The molecule has 0 atom stereocenters. The van der Waals surface area contributed by atoms with Crippen LogP contribution in [0.2, 0.25) is 5.02 Å². The molecule has 0 radical (unpaired) electrons. The predicted octanol–water partition coefficient (Wildman–Crippen LogP) is 3.49. The minimum absolute atomic E-state index is 0.108. The second kappa shape index (κ2) is 8.36. The van der Waals surface area contributed by atoms with Crippen LogP contribution in [-0.2, 0) is 4.79 Å². The molecule has 0 unspecified atom stereocenters. The number of methoxy groups -OCH3 is 1. The number of carbonyl (C=O) groups excluding carboxylic acids is 1. The number of amides is 1. The summed E-state index contributed by atoms with van der Waals surface area (Å²) in [4.78, 5) is 11.7. The van der Waals surface area contributed by atoms with Crippen LogP contribution in [0.3, 0.4) is 0 Å². The van der Waals surface area contributed by atoms with Gasteiger partial charge in [0.2, 0.25) is 0 Å². The average Bonchev–Trinajstić information content (AvgIpc) is 2.56. The number of rotatable bonds is 6. The van der Waals surface area contributed by atoms with Gasteiger partial charge in [-0.3, -0.25) is 4.79 Å². The fraction of sp³-hybridized carbons (Fsp3) is 0.222. The van der Waals surface area contributed by atoms with Crippen molar-refractivity contribution in [3.63, 3.8) is 0 Å². The molecule has 2 rings (SSSR count). The van der Waals surface area contributed by atoms with Crippen LogP contribution in [0.4, 0.5) is 0 Å². The molecule has 5 nitrogen and oxygen atoms in total. The summed E-state index contributed by atoms with van der Waals surface area (Å²) in [5.74, 6) is 0.892. The Kier molecular flexibility index (Phi) is 6.21. The van der Waals surface area contributed by atoms with Gasteiger partial charge in [-0.05, 0) is 60.9 Å². The van der Waals surface area contributed by atoms with E-state index in [4.69, 9.17) is 21.1 Å². The number of aryl methyl sites for hydroxylation is 2. The number of ether oxygens (including phenoxy) is 2. The summed E-state index contributed by atoms with van der Waals surface area (Å²) in [6.45, 7) is 3.90. The van der Waals surface area contributed by atoms with Crippen LogP contribution in [0.25, 0.3) is 0 Å². The summed E-state index contributed by atoms with van der Waals surface area (Å²) in [6, 6.07) is 10.9. The zero-order chi connectivity index (χ0) is 17.5. The standard InChI is InChI=1S/C18H19ClN2O3/c1-12-4-6-15(8-13(12)2)24-11-18(22)21-20-10-14-5-7-17(23-3)16(19)9-14/h4-10H,11H2,1-3H3,(H,21,22)/b20-10+. The summed E-state index contributed by atoms with van der Waals surface area (Å²) in [6.07, 6.45) is 1.50. The van der Waals surface area contributed by atoms with Crippen LogP contribution >= 0.6 is 11.6 Å². The lowest BCUT2D eigenvalue weighted by Crippen LogP contribution is -2.24. The van der Waals surface area contributed by atoms with Crippen LogP contribution in [0.1, 0.15) is 16.7 Å². The van der Waals surface area contributed by atoms with Gasteiger partial charge in [-0.25, -0.2) is 5.43 Å². The van der Waals surface area contributed by atoms with E-state index in [-0.39, 0.29) is 12.5 Å². The van der Waals surface area contributed by atoms with Gasteiger partial charge in [-0.15, -0.1) is 0 Å². The molecule has 0 aliphatic rings. The summed E-state index contributed by atoms with van der Waals surface area (Å²) in [5.41, 5.74) is 5.44. The molecule has 0 saturated carbocycles. The van der Waals surface area contributed by atoms with Crippen LogP contribution in [-0.4, -0.2) is 25.8 Å². The van der Waals surface area contributed by atoms with Gasteiger partial charge in [0.15, 0.2) is 6.61 Å². The van der Waals surface area contributed by atoms with Crippen molar-refractivity contribution in [2.24, 2.45) is 5.10 Å². The number of carbonyl (C=O) groups is 1. The lowest BCUT2D eigenvalue weighted by Gasteiger charge is -2.07. The third-order valence-electron chi connectivity index (χ3n) is 3.43. The van der Waals surface area contributed by atoms with Gasteiger partial charge < -0.3 is 9.47 Å². The molecular weight excluding hydrogens is 328 g/mol. The minimum Gasteiger partial charge on any atom is -0.495 e. The Hall–Kier alpha value is -2.53. The highest BCUT2D eigenvalue weighted by Gasteiger charge is 2.03. The van der Waals surface area contributed by atoms with E-state index in [2.05, 4.69) is 10.5 Å². The predicted molar refractivity (Wildman–Crippen MR) is 95.2 cm³/mol. The molecule has 2 aromatic rings. The van der Waals surface area contributed by atoms with E-state index in [9.17, 15) is 4.79 Å². The van der Waals surface area contributed by atoms with Crippen molar-refractivity contribution in [2.45, 2.75) is 13.8 Å². The number of benzene rings is 2. The Bertz CT molecular complexity index is 760. The van der Waals surface area contributed by atoms with Gasteiger partial charge in [0, 0.05) is 0 Å². The van der Waals surface area contributed by atoms with E-state index in [0.29, 0.717) is 16.5 Å². The van der Waals surface area contributed by atoms with E-state index in [1.807, 2.05) is 32.0 Å². The van der Waals surface area contributed by atoms with Crippen molar-refractivity contribution in [3.8, 4) is 11.5 Å². The molecule has 1 amide bonds. The molecule has 1 N–H and O–H groups in total. The first kappa shape index (κ1) is 17.8. The Morgan fingerprint density at radius 2 is 2.00 bits per heavy atom. The van der Waals surface area contributed by atoms with Crippen molar-refractivity contribution >= 4 is 23.7 Å². The van der Waals surface area contributed by atoms with Gasteiger partial charge >= 0.3 is 0 Å². The lowest BCUT2D eigenvalue weighted by molar-refractivity contribution is -0.123. The summed E-state index contributed by atoms with van der Waals surface area (Å²) < 4.78 is 10.5. The summed E-state index contributed by atoms with van der Waals surface area (Å²) in [5, 5.41) is 4.36. The molecule has 126 valence electrons.